The van der Waals surface area contributed by atoms with Gasteiger partial charge in [0, 0.05) is 22.9 Å². The summed E-state index contributed by atoms with van der Waals surface area (Å²) in [4.78, 5) is -0.774. The van der Waals surface area contributed by atoms with E-state index in [0.717, 1.165) is 18.4 Å². The minimum Gasteiger partial charge on any atom is -0.280 e. The minimum absolute atomic E-state index is 0.0837. The number of aromatic nitrogens is 2. The molecule has 0 amide bonds. The first kappa shape index (κ1) is 22.8. The Labute approximate surface area is 187 Å². The lowest BCUT2D eigenvalue weighted by Crippen LogP contribution is -2.16. The molecule has 0 saturated carbocycles. The number of aromatic amines is 1. The van der Waals surface area contributed by atoms with Gasteiger partial charge in [-0.2, -0.15) is 18.3 Å². The maximum atomic E-state index is 13.1. The van der Waals surface area contributed by atoms with Crippen molar-refractivity contribution in [2.45, 2.75) is 16.0 Å². The molecule has 2 N–H and O–H groups in total. The van der Waals surface area contributed by atoms with Gasteiger partial charge in [-0.25, -0.2) is 16.8 Å². The second kappa shape index (κ2) is 7.89. The molecule has 0 spiro atoms. The Balaban J connectivity index is 1.77. The van der Waals surface area contributed by atoms with E-state index in [0.29, 0.717) is 10.9 Å². The van der Waals surface area contributed by atoms with Gasteiger partial charge in [0.15, 0.2) is 9.84 Å². The van der Waals surface area contributed by atoms with Crippen LogP contribution in [0.3, 0.4) is 0 Å². The standard InChI is InChI=1S/C21H16F3N3O4S2/c1-32(28,29)18-7-2-3-8-19(18)33(30,31)27-15-9-10-17-16(12-15)20(26-25-17)13-5-4-6-14(11-13)21(22,23)24/h2-12,27H,1H3,(H,25,26). The average molecular weight is 496 g/mol. The van der Waals surface area contributed by atoms with Crippen LogP contribution >= 0.6 is 0 Å². The molecule has 0 aliphatic carbocycles. The molecule has 0 saturated heterocycles. The number of hydrogen-bond acceptors (Lipinski definition) is 5. The molecule has 12 heteroatoms. The van der Waals surface area contributed by atoms with Gasteiger partial charge in [0.1, 0.15) is 4.90 Å². The number of rotatable bonds is 5. The van der Waals surface area contributed by atoms with Crippen molar-refractivity contribution in [3.05, 3.63) is 72.3 Å². The molecule has 0 unspecified atom stereocenters. The maximum absolute atomic E-state index is 13.1. The fourth-order valence-corrected chi connectivity index (χ4v) is 6.01. The summed E-state index contributed by atoms with van der Waals surface area (Å²) in [5.41, 5.74) is 0.111. The number of nitrogens with zero attached hydrogens (tertiary/aromatic N) is 1. The smallest absolute Gasteiger partial charge is 0.280 e. The molecular weight excluding hydrogens is 479 g/mol. The summed E-state index contributed by atoms with van der Waals surface area (Å²) in [6.07, 6.45) is -3.63. The van der Waals surface area contributed by atoms with Gasteiger partial charge in [-0.15, -0.1) is 0 Å². The summed E-state index contributed by atoms with van der Waals surface area (Å²) in [5.74, 6) is 0. The van der Waals surface area contributed by atoms with E-state index in [4.69, 9.17) is 0 Å². The predicted octanol–water partition coefficient (Wildman–Crippen LogP) is 4.45. The number of alkyl halides is 3. The Morgan fingerprint density at radius 2 is 1.58 bits per heavy atom. The number of sulfonamides is 1. The van der Waals surface area contributed by atoms with Gasteiger partial charge in [-0.05, 0) is 42.5 Å². The molecule has 172 valence electrons. The van der Waals surface area contributed by atoms with Gasteiger partial charge in [0.25, 0.3) is 10.0 Å². The predicted molar refractivity (Wildman–Crippen MR) is 117 cm³/mol. The SMILES string of the molecule is CS(=O)(=O)c1ccccc1S(=O)(=O)Nc1ccc2[nH]nc(-c3cccc(C(F)(F)F)c3)c2c1. The fourth-order valence-electron chi connectivity index (χ4n) is 3.33. The summed E-state index contributed by atoms with van der Waals surface area (Å²) in [6, 6.07) is 14.1. The summed E-state index contributed by atoms with van der Waals surface area (Å²) >= 11 is 0. The van der Waals surface area contributed by atoms with Crippen LogP contribution in [0.1, 0.15) is 5.56 Å². The third kappa shape index (κ3) is 4.57. The third-order valence-electron chi connectivity index (χ3n) is 4.82. The number of benzene rings is 3. The van der Waals surface area contributed by atoms with Crippen molar-refractivity contribution in [3.63, 3.8) is 0 Å². The quantitative estimate of drug-likeness (QED) is 0.425. The molecule has 0 aliphatic rings. The first-order valence-corrected chi connectivity index (χ1v) is 12.7. The first-order valence-electron chi connectivity index (χ1n) is 9.34. The van der Waals surface area contributed by atoms with E-state index in [1.54, 1.807) is 0 Å². The van der Waals surface area contributed by atoms with Gasteiger partial charge >= 0.3 is 6.18 Å². The number of sulfone groups is 1. The normalized spacial score (nSPS) is 12.7. The van der Waals surface area contributed by atoms with E-state index in [2.05, 4.69) is 14.9 Å². The highest BCUT2D eigenvalue weighted by Crippen LogP contribution is 2.34. The second-order valence-corrected chi connectivity index (χ2v) is 10.9. The Hall–Kier alpha value is -3.38. The largest absolute Gasteiger partial charge is 0.416 e. The molecule has 4 aromatic rings. The van der Waals surface area contributed by atoms with Crippen LogP contribution in [0.4, 0.5) is 18.9 Å². The average Bonchev–Trinajstić information content (AvgIpc) is 3.15. The summed E-state index contributed by atoms with van der Waals surface area (Å²) in [5, 5.41) is 7.17. The van der Waals surface area contributed by atoms with Crippen molar-refractivity contribution in [3.8, 4) is 11.3 Å². The summed E-state index contributed by atoms with van der Waals surface area (Å²) in [6.45, 7) is 0. The number of anilines is 1. The topological polar surface area (TPSA) is 109 Å². The lowest BCUT2D eigenvalue weighted by atomic mass is 10.0. The Morgan fingerprint density at radius 3 is 2.24 bits per heavy atom. The molecule has 3 aromatic carbocycles. The van der Waals surface area contributed by atoms with Crippen LogP contribution in [0.2, 0.25) is 0 Å². The molecule has 0 fully saturated rings. The van der Waals surface area contributed by atoms with E-state index in [1.165, 1.54) is 54.6 Å². The second-order valence-electron chi connectivity index (χ2n) is 7.24. The summed E-state index contributed by atoms with van der Waals surface area (Å²) in [7, 11) is -8.11. The maximum Gasteiger partial charge on any atom is 0.416 e. The number of fused-ring (bicyclic) bond motifs is 1. The zero-order chi connectivity index (χ0) is 24.0. The zero-order valence-corrected chi connectivity index (χ0v) is 18.5. The molecule has 0 atom stereocenters. The Bertz CT molecular complexity index is 1580. The van der Waals surface area contributed by atoms with Crippen LogP contribution in [-0.2, 0) is 26.0 Å². The van der Waals surface area contributed by atoms with Crippen molar-refractivity contribution in [1.29, 1.82) is 0 Å². The molecule has 33 heavy (non-hydrogen) atoms. The molecule has 7 nitrogen and oxygen atoms in total. The van der Waals surface area contributed by atoms with E-state index < -0.39 is 36.5 Å². The van der Waals surface area contributed by atoms with Gasteiger partial charge in [-0.1, -0.05) is 24.3 Å². The molecule has 1 aromatic heterocycles. The van der Waals surface area contributed by atoms with E-state index in [9.17, 15) is 30.0 Å². The van der Waals surface area contributed by atoms with Crippen molar-refractivity contribution in [2.75, 3.05) is 11.0 Å². The third-order valence-corrected chi connectivity index (χ3v) is 7.54. The monoisotopic (exact) mass is 495 g/mol. The zero-order valence-electron chi connectivity index (χ0n) is 16.9. The molecular formula is C21H16F3N3O4S2. The lowest BCUT2D eigenvalue weighted by molar-refractivity contribution is -0.137. The van der Waals surface area contributed by atoms with Crippen molar-refractivity contribution in [1.82, 2.24) is 10.2 Å². The highest BCUT2D eigenvalue weighted by atomic mass is 32.2. The highest BCUT2D eigenvalue weighted by molar-refractivity contribution is 7.95. The highest BCUT2D eigenvalue weighted by Gasteiger charge is 2.31. The van der Waals surface area contributed by atoms with Crippen LogP contribution in [0.15, 0.2) is 76.5 Å². The molecule has 0 radical (unpaired) electrons. The number of halogens is 3. The molecule has 0 aliphatic heterocycles. The Kier molecular flexibility index (Phi) is 5.45. The molecule has 1 heterocycles. The van der Waals surface area contributed by atoms with Crippen LogP contribution in [0, 0.1) is 0 Å². The first-order chi connectivity index (χ1) is 15.4. The van der Waals surface area contributed by atoms with Gasteiger partial charge in [0.2, 0.25) is 0 Å². The number of hydrogen-bond donors (Lipinski definition) is 2. The number of nitrogens with one attached hydrogen (secondary N) is 2. The van der Waals surface area contributed by atoms with Crippen LogP contribution in [0.25, 0.3) is 22.2 Å². The van der Waals surface area contributed by atoms with Crippen molar-refractivity contribution < 1.29 is 30.0 Å². The van der Waals surface area contributed by atoms with Gasteiger partial charge in [-0.3, -0.25) is 9.82 Å². The fraction of sp³-hybridized carbons (Fsp3) is 0.0952. The van der Waals surface area contributed by atoms with Crippen LogP contribution in [-0.4, -0.2) is 33.3 Å². The molecule has 4 rings (SSSR count). The molecule has 0 bridgehead atoms. The van der Waals surface area contributed by atoms with E-state index >= 15 is 0 Å². The Morgan fingerprint density at radius 1 is 0.879 bits per heavy atom. The van der Waals surface area contributed by atoms with Crippen molar-refractivity contribution in [2.24, 2.45) is 0 Å². The van der Waals surface area contributed by atoms with Gasteiger partial charge in [0.05, 0.1) is 21.7 Å². The van der Waals surface area contributed by atoms with E-state index in [1.807, 2.05) is 0 Å². The minimum atomic E-state index is -4.53. The number of H-pyrrole nitrogens is 1. The van der Waals surface area contributed by atoms with Crippen molar-refractivity contribution >= 4 is 36.5 Å². The van der Waals surface area contributed by atoms with E-state index in [-0.39, 0.29) is 21.8 Å². The van der Waals surface area contributed by atoms with Crippen LogP contribution in [0.5, 0.6) is 0 Å². The van der Waals surface area contributed by atoms with Crippen LogP contribution < -0.4 is 4.72 Å². The lowest BCUT2D eigenvalue weighted by Gasteiger charge is -2.12. The summed E-state index contributed by atoms with van der Waals surface area (Å²) < 4.78 is 91.5. The van der Waals surface area contributed by atoms with Gasteiger partial charge < -0.3 is 0 Å².